The van der Waals surface area contributed by atoms with Crippen LogP contribution in [0.25, 0.3) is 0 Å². The Morgan fingerprint density at radius 3 is 3.00 bits per heavy atom. The zero-order valence-electron chi connectivity index (χ0n) is 13.8. The maximum Gasteiger partial charge on any atom is 0.266 e. The molecule has 0 N–H and O–H groups in total. The van der Waals surface area contributed by atoms with Crippen molar-refractivity contribution in [2.24, 2.45) is 11.8 Å². The number of nitrogens with zero attached hydrogens (tertiary/aromatic N) is 5. The van der Waals surface area contributed by atoms with Crippen LogP contribution in [0.1, 0.15) is 12.2 Å². The van der Waals surface area contributed by atoms with Gasteiger partial charge in [-0.3, -0.25) is 9.69 Å². The zero-order chi connectivity index (χ0) is 16.4. The van der Waals surface area contributed by atoms with Crippen molar-refractivity contribution in [3.63, 3.8) is 0 Å². The molecule has 2 atom stereocenters. The Morgan fingerprint density at radius 1 is 1.21 bits per heavy atom. The second kappa shape index (κ2) is 6.86. The highest BCUT2D eigenvalue weighted by Gasteiger charge is 2.26. The third-order valence-electron chi connectivity index (χ3n) is 4.89. The van der Waals surface area contributed by atoms with Gasteiger partial charge in [-0.1, -0.05) is 0 Å². The summed E-state index contributed by atoms with van der Waals surface area (Å²) < 4.78 is 9.30. The molecule has 7 heteroatoms. The number of fused-ring (bicyclic) bond motifs is 1. The van der Waals surface area contributed by atoms with E-state index in [2.05, 4.69) is 19.5 Å². The molecule has 0 bridgehead atoms. The smallest absolute Gasteiger partial charge is 0.266 e. The van der Waals surface area contributed by atoms with E-state index in [0.29, 0.717) is 18.4 Å². The summed E-state index contributed by atoms with van der Waals surface area (Å²) in [6.07, 6.45) is 6.71. The Labute approximate surface area is 140 Å². The first-order valence-electron chi connectivity index (χ1n) is 8.60. The highest BCUT2D eigenvalue weighted by molar-refractivity contribution is 4.96. The summed E-state index contributed by atoms with van der Waals surface area (Å²) in [6, 6.07) is 3.26. The van der Waals surface area contributed by atoms with Crippen LogP contribution in [-0.2, 0) is 24.4 Å². The van der Waals surface area contributed by atoms with Crippen LogP contribution < -0.4 is 5.56 Å². The molecule has 0 amide bonds. The van der Waals surface area contributed by atoms with Gasteiger partial charge in [0.05, 0.1) is 19.7 Å². The fourth-order valence-electron chi connectivity index (χ4n) is 3.74. The average molecular weight is 329 g/mol. The molecule has 4 heterocycles. The van der Waals surface area contributed by atoms with Crippen molar-refractivity contribution in [2.45, 2.75) is 26.1 Å². The second-order valence-electron chi connectivity index (χ2n) is 6.83. The largest absolute Gasteiger partial charge is 0.381 e. The van der Waals surface area contributed by atoms with Gasteiger partial charge < -0.3 is 9.30 Å². The fourth-order valence-corrected chi connectivity index (χ4v) is 3.74. The van der Waals surface area contributed by atoms with Gasteiger partial charge in [-0.05, 0) is 18.4 Å². The Bertz CT molecular complexity index is 734. The van der Waals surface area contributed by atoms with Crippen molar-refractivity contribution in [3.05, 3.63) is 46.9 Å². The molecule has 2 aliphatic heterocycles. The minimum atomic E-state index is -0.0386. The molecule has 1 saturated heterocycles. The molecule has 2 aliphatic rings. The lowest BCUT2D eigenvalue weighted by Gasteiger charge is -2.26. The van der Waals surface area contributed by atoms with Crippen LogP contribution in [0.2, 0.25) is 0 Å². The van der Waals surface area contributed by atoms with Crippen LogP contribution in [0.3, 0.4) is 0 Å². The van der Waals surface area contributed by atoms with E-state index in [9.17, 15) is 4.79 Å². The Hall–Kier alpha value is -1.99. The summed E-state index contributed by atoms with van der Waals surface area (Å²) in [4.78, 5) is 19.0. The highest BCUT2D eigenvalue weighted by atomic mass is 16.5. The number of imidazole rings is 1. The normalized spacial score (nSPS) is 24.7. The van der Waals surface area contributed by atoms with Crippen molar-refractivity contribution in [3.8, 4) is 0 Å². The van der Waals surface area contributed by atoms with E-state index in [-0.39, 0.29) is 5.56 Å². The number of hydrogen-bond acceptors (Lipinski definition) is 5. The van der Waals surface area contributed by atoms with Crippen LogP contribution in [0.4, 0.5) is 0 Å². The molecular formula is C17H23N5O2. The van der Waals surface area contributed by atoms with Gasteiger partial charge in [0.2, 0.25) is 0 Å². The van der Waals surface area contributed by atoms with Crippen molar-refractivity contribution in [1.82, 2.24) is 24.2 Å². The minimum Gasteiger partial charge on any atom is -0.381 e. The third-order valence-corrected chi connectivity index (χ3v) is 4.89. The van der Waals surface area contributed by atoms with Crippen LogP contribution in [-0.4, -0.2) is 50.5 Å². The van der Waals surface area contributed by atoms with Crippen molar-refractivity contribution >= 4 is 0 Å². The van der Waals surface area contributed by atoms with Crippen molar-refractivity contribution < 1.29 is 4.74 Å². The summed E-state index contributed by atoms with van der Waals surface area (Å²) in [5.74, 6) is 2.03. The summed E-state index contributed by atoms with van der Waals surface area (Å²) in [6.45, 7) is 6.07. The fraction of sp³-hybridized carbons (Fsp3) is 0.588. The standard InChI is InChI=1S/C17H23N5O2/c23-17-2-1-4-19-22(17)11-15-9-20(8-14-3-7-24-13-14)12-16-18-5-6-21(16)10-15/h1-2,4-6,14-15H,3,7-13H2. The van der Waals surface area contributed by atoms with E-state index in [1.165, 1.54) is 0 Å². The molecule has 128 valence electrons. The van der Waals surface area contributed by atoms with Crippen molar-refractivity contribution in [1.29, 1.82) is 0 Å². The summed E-state index contributed by atoms with van der Waals surface area (Å²) >= 11 is 0. The molecule has 1 fully saturated rings. The van der Waals surface area contributed by atoms with E-state index in [1.54, 1.807) is 23.0 Å². The highest BCUT2D eigenvalue weighted by Crippen LogP contribution is 2.20. The molecule has 2 aromatic heterocycles. The lowest BCUT2D eigenvalue weighted by atomic mass is 10.1. The molecule has 0 spiro atoms. The molecule has 4 rings (SSSR count). The molecule has 0 saturated carbocycles. The maximum atomic E-state index is 12.0. The lowest BCUT2D eigenvalue weighted by molar-refractivity contribution is 0.152. The van der Waals surface area contributed by atoms with Gasteiger partial charge in [0, 0.05) is 56.8 Å². The summed E-state index contributed by atoms with van der Waals surface area (Å²) in [5, 5.41) is 4.22. The quantitative estimate of drug-likeness (QED) is 0.822. The predicted octanol–water partition coefficient (Wildman–Crippen LogP) is 0.608. The van der Waals surface area contributed by atoms with Gasteiger partial charge in [-0.15, -0.1) is 0 Å². The maximum absolute atomic E-state index is 12.0. The van der Waals surface area contributed by atoms with Crippen molar-refractivity contribution in [2.75, 3.05) is 26.3 Å². The number of rotatable bonds is 4. The van der Waals surface area contributed by atoms with Gasteiger partial charge in [0.25, 0.3) is 5.56 Å². The molecule has 7 nitrogen and oxygen atoms in total. The number of ether oxygens (including phenoxy) is 1. The van der Waals surface area contributed by atoms with Crippen LogP contribution in [0.5, 0.6) is 0 Å². The van der Waals surface area contributed by atoms with Gasteiger partial charge >= 0.3 is 0 Å². The first-order valence-corrected chi connectivity index (χ1v) is 8.60. The van der Waals surface area contributed by atoms with E-state index in [4.69, 9.17) is 4.74 Å². The summed E-state index contributed by atoms with van der Waals surface area (Å²) in [5.41, 5.74) is -0.0386. The van der Waals surface area contributed by atoms with E-state index >= 15 is 0 Å². The molecule has 2 unspecified atom stereocenters. The zero-order valence-corrected chi connectivity index (χ0v) is 13.8. The van der Waals surface area contributed by atoms with Crippen LogP contribution in [0.15, 0.2) is 35.5 Å². The number of aromatic nitrogens is 4. The number of hydrogen-bond donors (Lipinski definition) is 0. The Kier molecular flexibility index (Phi) is 4.44. The van der Waals surface area contributed by atoms with E-state index in [1.807, 2.05) is 12.4 Å². The first-order chi connectivity index (χ1) is 11.8. The van der Waals surface area contributed by atoms with Gasteiger partial charge in [-0.25, -0.2) is 9.67 Å². The van der Waals surface area contributed by atoms with Gasteiger partial charge in [0.1, 0.15) is 5.82 Å². The average Bonchev–Trinajstić information content (AvgIpc) is 3.19. The van der Waals surface area contributed by atoms with Crippen LogP contribution >= 0.6 is 0 Å². The third kappa shape index (κ3) is 3.42. The van der Waals surface area contributed by atoms with E-state index < -0.39 is 0 Å². The lowest BCUT2D eigenvalue weighted by Crippen LogP contribution is -2.36. The topological polar surface area (TPSA) is 65.2 Å². The molecule has 0 aromatic carbocycles. The predicted molar refractivity (Wildman–Crippen MR) is 88.4 cm³/mol. The SMILES string of the molecule is O=c1cccnn1CC1CN(CC2CCOC2)Cc2nccn2C1. The Balaban J connectivity index is 1.52. The van der Waals surface area contributed by atoms with E-state index in [0.717, 1.165) is 51.6 Å². The first kappa shape index (κ1) is 15.5. The van der Waals surface area contributed by atoms with Gasteiger partial charge in [0.15, 0.2) is 0 Å². The molecular weight excluding hydrogens is 306 g/mol. The Morgan fingerprint density at radius 2 is 2.17 bits per heavy atom. The van der Waals surface area contributed by atoms with Crippen LogP contribution in [0, 0.1) is 11.8 Å². The minimum absolute atomic E-state index is 0.0386. The molecule has 24 heavy (non-hydrogen) atoms. The summed E-state index contributed by atoms with van der Waals surface area (Å²) in [7, 11) is 0. The monoisotopic (exact) mass is 329 g/mol. The molecule has 0 aliphatic carbocycles. The molecule has 2 aromatic rings. The second-order valence-corrected chi connectivity index (χ2v) is 6.83. The molecule has 0 radical (unpaired) electrons. The van der Waals surface area contributed by atoms with Gasteiger partial charge in [-0.2, -0.15) is 5.10 Å².